The number of halogens is 2. The summed E-state index contributed by atoms with van der Waals surface area (Å²) in [6, 6.07) is 12.7. The zero-order valence-corrected chi connectivity index (χ0v) is 18.3. The standard InChI is InChI=1S/C18H18BrClN2O3S2/c19-14-4-1-2-5-17(14)26-10-8-18(23)21-16-12-13(6-7-15(16)20)22-9-3-11-27(22,24)25/h1-2,4-7,12H,3,8-11H2,(H,21,23). The second-order valence-corrected chi connectivity index (χ2v) is 10.4. The van der Waals surface area contributed by atoms with Gasteiger partial charge in [-0.25, -0.2) is 8.42 Å². The van der Waals surface area contributed by atoms with Crippen LogP contribution in [0.25, 0.3) is 0 Å². The van der Waals surface area contributed by atoms with Crippen molar-refractivity contribution in [3.63, 3.8) is 0 Å². The Morgan fingerprint density at radius 1 is 1.26 bits per heavy atom. The maximum Gasteiger partial charge on any atom is 0.235 e. The Kier molecular flexibility index (Phi) is 6.73. The number of sulfonamides is 1. The van der Waals surface area contributed by atoms with Crippen LogP contribution in [-0.2, 0) is 14.8 Å². The Hall–Kier alpha value is -1.22. The van der Waals surface area contributed by atoms with Crippen molar-refractivity contribution in [3.8, 4) is 0 Å². The summed E-state index contributed by atoms with van der Waals surface area (Å²) in [7, 11) is -3.28. The lowest BCUT2D eigenvalue weighted by molar-refractivity contribution is -0.115. The Balaban J connectivity index is 1.62. The number of hydrogen-bond acceptors (Lipinski definition) is 4. The van der Waals surface area contributed by atoms with Gasteiger partial charge in [-0.05, 0) is 52.7 Å². The summed E-state index contributed by atoms with van der Waals surface area (Å²) in [4.78, 5) is 13.3. The molecule has 0 unspecified atom stereocenters. The van der Waals surface area contributed by atoms with Crippen molar-refractivity contribution in [1.29, 1.82) is 0 Å². The molecule has 1 aliphatic heterocycles. The highest BCUT2D eigenvalue weighted by Gasteiger charge is 2.28. The van der Waals surface area contributed by atoms with E-state index < -0.39 is 10.0 Å². The summed E-state index contributed by atoms with van der Waals surface area (Å²) in [5, 5.41) is 3.16. The van der Waals surface area contributed by atoms with Crippen molar-refractivity contribution in [2.24, 2.45) is 0 Å². The molecule has 5 nitrogen and oxygen atoms in total. The summed E-state index contributed by atoms with van der Waals surface area (Å²) < 4.78 is 26.5. The van der Waals surface area contributed by atoms with Gasteiger partial charge in [0.15, 0.2) is 0 Å². The van der Waals surface area contributed by atoms with Crippen LogP contribution in [0.4, 0.5) is 11.4 Å². The SMILES string of the molecule is O=C(CCSc1ccccc1Br)Nc1cc(N2CCCS2(=O)=O)ccc1Cl. The van der Waals surface area contributed by atoms with Crippen LogP contribution in [-0.4, -0.2) is 32.4 Å². The molecule has 1 fully saturated rings. The summed E-state index contributed by atoms with van der Waals surface area (Å²) in [5.41, 5.74) is 0.946. The first-order chi connectivity index (χ1) is 12.9. The number of amides is 1. The Morgan fingerprint density at radius 2 is 2.04 bits per heavy atom. The lowest BCUT2D eigenvalue weighted by Gasteiger charge is -2.18. The molecular formula is C18H18BrClN2O3S2. The number of benzene rings is 2. The lowest BCUT2D eigenvalue weighted by Crippen LogP contribution is -2.25. The fraction of sp³-hybridized carbons (Fsp3) is 0.278. The van der Waals surface area contributed by atoms with Gasteiger partial charge in [-0.15, -0.1) is 11.8 Å². The second-order valence-electron chi connectivity index (χ2n) is 5.98. The summed E-state index contributed by atoms with van der Waals surface area (Å²) in [6.07, 6.45) is 0.910. The van der Waals surface area contributed by atoms with E-state index in [0.717, 1.165) is 9.37 Å². The Labute approximate surface area is 176 Å². The molecule has 1 saturated heterocycles. The predicted molar refractivity (Wildman–Crippen MR) is 115 cm³/mol. The summed E-state index contributed by atoms with van der Waals surface area (Å²) in [5.74, 6) is 0.591. The van der Waals surface area contributed by atoms with Gasteiger partial charge < -0.3 is 5.32 Å². The van der Waals surface area contributed by atoms with Crippen LogP contribution in [0.2, 0.25) is 5.02 Å². The van der Waals surface area contributed by atoms with Gasteiger partial charge in [-0.2, -0.15) is 0 Å². The molecule has 0 atom stereocenters. The van der Waals surface area contributed by atoms with E-state index in [9.17, 15) is 13.2 Å². The number of rotatable bonds is 6. The van der Waals surface area contributed by atoms with Gasteiger partial charge in [0.25, 0.3) is 0 Å². The summed E-state index contributed by atoms with van der Waals surface area (Å²) >= 11 is 11.2. The molecule has 1 aliphatic rings. The van der Waals surface area contributed by atoms with Gasteiger partial charge in [0.1, 0.15) is 0 Å². The first-order valence-electron chi connectivity index (χ1n) is 8.34. The fourth-order valence-electron chi connectivity index (χ4n) is 2.72. The number of anilines is 2. The van der Waals surface area contributed by atoms with Crippen molar-refractivity contribution in [2.45, 2.75) is 17.7 Å². The van der Waals surface area contributed by atoms with Gasteiger partial charge >= 0.3 is 0 Å². The van der Waals surface area contributed by atoms with Crippen LogP contribution in [0.3, 0.4) is 0 Å². The third-order valence-corrected chi connectivity index (χ3v) is 8.26. The highest BCUT2D eigenvalue weighted by Crippen LogP contribution is 2.32. The number of nitrogens with one attached hydrogen (secondary N) is 1. The van der Waals surface area contributed by atoms with Crippen molar-refractivity contribution < 1.29 is 13.2 Å². The molecule has 0 aromatic heterocycles. The first-order valence-corrected chi connectivity index (χ1v) is 12.1. The second kappa shape index (κ2) is 8.86. The highest BCUT2D eigenvalue weighted by molar-refractivity contribution is 9.10. The van der Waals surface area contributed by atoms with E-state index in [1.807, 2.05) is 24.3 Å². The molecule has 27 heavy (non-hydrogen) atoms. The zero-order chi connectivity index (χ0) is 19.4. The van der Waals surface area contributed by atoms with Crippen LogP contribution in [0.15, 0.2) is 51.8 Å². The maximum absolute atomic E-state index is 12.3. The van der Waals surface area contributed by atoms with Crippen LogP contribution in [0.1, 0.15) is 12.8 Å². The number of carbonyl (C=O) groups excluding carboxylic acids is 1. The van der Waals surface area contributed by atoms with Gasteiger partial charge in [-0.1, -0.05) is 23.7 Å². The smallest absolute Gasteiger partial charge is 0.235 e. The van der Waals surface area contributed by atoms with Crippen LogP contribution >= 0.6 is 39.3 Å². The molecule has 2 aromatic carbocycles. The van der Waals surface area contributed by atoms with E-state index in [-0.39, 0.29) is 11.7 Å². The highest BCUT2D eigenvalue weighted by atomic mass is 79.9. The molecule has 0 radical (unpaired) electrons. The third kappa shape index (κ3) is 5.19. The van der Waals surface area contributed by atoms with Gasteiger partial charge in [0.05, 0.1) is 22.2 Å². The predicted octanol–water partition coefficient (Wildman–Crippen LogP) is 4.76. The van der Waals surface area contributed by atoms with Crippen molar-refractivity contribution in [1.82, 2.24) is 0 Å². The topological polar surface area (TPSA) is 66.5 Å². The minimum atomic E-state index is -3.28. The average Bonchev–Trinajstić information content (AvgIpc) is 2.98. The third-order valence-electron chi connectivity index (χ3n) is 4.03. The molecule has 0 saturated carbocycles. The minimum absolute atomic E-state index is 0.142. The van der Waals surface area contributed by atoms with E-state index in [0.29, 0.717) is 41.5 Å². The van der Waals surface area contributed by atoms with Gasteiger partial charge in [0, 0.05) is 28.1 Å². The average molecular weight is 490 g/mol. The monoisotopic (exact) mass is 488 g/mol. The van der Waals surface area contributed by atoms with E-state index in [1.54, 1.807) is 30.0 Å². The van der Waals surface area contributed by atoms with Crippen molar-refractivity contribution >= 4 is 66.6 Å². The molecule has 1 heterocycles. The van der Waals surface area contributed by atoms with Crippen molar-refractivity contribution in [2.75, 3.05) is 27.7 Å². The number of nitrogens with zero attached hydrogens (tertiary/aromatic N) is 1. The Morgan fingerprint density at radius 3 is 2.74 bits per heavy atom. The van der Waals surface area contributed by atoms with Gasteiger partial charge in [0.2, 0.25) is 15.9 Å². The molecule has 3 rings (SSSR count). The molecule has 2 aromatic rings. The molecule has 0 spiro atoms. The lowest BCUT2D eigenvalue weighted by atomic mass is 10.2. The molecule has 0 aliphatic carbocycles. The van der Waals surface area contributed by atoms with E-state index in [1.165, 1.54) is 4.31 Å². The molecule has 9 heteroatoms. The van der Waals surface area contributed by atoms with Crippen LogP contribution < -0.4 is 9.62 Å². The number of hydrogen-bond donors (Lipinski definition) is 1. The molecule has 144 valence electrons. The quantitative estimate of drug-likeness (QED) is 0.594. The normalized spacial score (nSPS) is 15.7. The van der Waals surface area contributed by atoms with E-state index >= 15 is 0 Å². The van der Waals surface area contributed by atoms with Crippen LogP contribution in [0, 0.1) is 0 Å². The Bertz CT molecular complexity index is 953. The zero-order valence-electron chi connectivity index (χ0n) is 14.3. The molecule has 1 N–H and O–H groups in total. The molecular weight excluding hydrogens is 472 g/mol. The fourth-order valence-corrected chi connectivity index (χ4v) is 5.96. The van der Waals surface area contributed by atoms with E-state index in [4.69, 9.17) is 11.6 Å². The first kappa shape index (κ1) is 20.5. The minimum Gasteiger partial charge on any atom is -0.325 e. The molecule has 1 amide bonds. The van der Waals surface area contributed by atoms with E-state index in [2.05, 4.69) is 21.2 Å². The number of thioether (sulfide) groups is 1. The number of carbonyl (C=O) groups is 1. The van der Waals surface area contributed by atoms with Crippen LogP contribution in [0.5, 0.6) is 0 Å². The van der Waals surface area contributed by atoms with Gasteiger partial charge in [-0.3, -0.25) is 9.10 Å². The summed E-state index contributed by atoms with van der Waals surface area (Å²) in [6.45, 7) is 0.444. The maximum atomic E-state index is 12.3. The largest absolute Gasteiger partial charge is 0.325 e. The van der Waals surface area contributed by atoms with Crippen molar-refractivity contribution in [3.05, 3.63) is 52.0 Å². The molecule has 0 bridgehead atoms.